The van der Waals surface area contributed by atoms with E-state index in [1.165, 1.54) is 11.0 Å². The first kappa shape index (κ1) is 39.0. The zero-order valence-electron chi connectivity index (χ0n) is 26.3. The Morgan fingerprint density at radius 3 is 1.38 bits per heavy atom. The van der Waals surface area contributed by atoms with Gasteiger partial charge in [0.25, 0.3) is 0 Å². The maximum absolute atomic E-state index is 13.4. The van der Waals surface area contributed by atoms with Gasteiger partial charge in [-0.1, -0.05) is 13.0 Å². The highest BCUT2D eigenvalue weighted by Gasteiger charge is 2.53. The molecule has 0 N–H and O–H groups in total. The van der Waals surface area contributed by atoms with Gasteiger partial charge in [0.1, 0.15) is 0 Å². The molecule has 0 radical (unpaired) electrons. The van der Waals surface area contributed by atoms with Crippen LogP contribution >= 0.6 is 0 Å². The van der Waals surface area contributed by atoms with Crippen LogP contribution in [-0.2, 0) is 47.7 Å². The Hall–Kier alpha value is -3.03. The van der Waals surface area contributed by atoms with Crippen LogP contribution < -0.4 is 0 Å². The van der Waals surface area contributed by atoms with Gasteiger partial charge in [0.05, 0.1) is 52.7 Å². The number of rotatable bonds is 24. The second kappa shape index (κ2) is 22.6. The maximum atomic E-state index is 13.4. The van der Waals surface area contributed by atoms with E-state index in [-0.39, 0.29) is 65.6 Å². The predicted octanol–water partition coefficient (Wildman–Crippen LogP) is 1.43. The molecule has 0 saturated heterocycles. The Bertz CT molecular complexity index is 814. The maximum Gasteiger partial charge on any atom is 0.338 e. The minimum Gasteiger partial charge on any atom is -0.465 e. The van der Waals surface area contributed by atoms with Gasteiger partial charge in [0.2, 0.25) is 5.54 Å². The second-order valence-electron chi connectivity index (χ2n) is 9.18. The predicted molar refractivity (Wildman–Crippen MR) is 155 cm³/mol. The summed E-state index contributed by atoms with van der Waals surface area (Å²) in [6.45, 7) is 15.9. The van der Waals surface area contributed by atoms with Gasteiger partial charge in [0, 0.05) is 32.6 Å². The number of carbonyl (C=O) groups excluding carboxylic acids is 5. The third kappa shape index (κ3) is 13.8. The summed E-state index contributed by atoms with van der Waals surface area (Å²) < 4.78 is 25.9. The summed E-state index contributed by atoms with van der Waals surface area (Å²) in [4.78, 5) is 68.9. The van der Waals surface area contributed by atoms with Crippen molar-refractivity contribution >= 4 is 29.8 Å². The van der Waals surface area contributed by atoms with Crippen LogP contribution in [0.5, 0.6) is 0 Å². The Labute approximate surface area is 250 Å². The van der Waals surface area contributed by atoms with Crippen molar-refractivity contribution in [2.24, 2.45) is 0 Å². The van der Waals surface area contributed by atoms with Gasteiger partial charge >= 0.3 is 29.8 Å². The van der Waals surface area contributed by atoms with Crippen molar-refractivity contribution in [3.8, 4) is 0 Å². The monoisotopic (exact) mass is 601 g/mol. The molecule has 0 spiro atoms. The van der Waals surface area contributed by atoms with Gasteiger partial charge in [-0.3, -0.25) is 24.2 Å². The smallest absolute Gasteiger partial charge is 0.338 e. The first-order valence-electron chi connectivity index (χ1n) is 14.7. The number of hydrogen-bond donors (Lipinski definition) is 0. The zero-order chi connectivity index (χ0) is 32.0. The van der Waals surface area contributed by atoms with E-state index in [0.29, 0.717) is 26.2 Å². The normalized spacial score (nSPS) is 11.4. The lowest BCUT2D eigenvalue weighted by Crippen LogP contribution is -2.63. The van der Waals surface area contributed by atoms with E-state index in [1.807, 2.05) is 6.92 Å². The Morgan fingerprint density at radius 2 is 0.976 bits per heavy atom. The van der Waals surface area contributed by atoms with Crippen LogP contribution in [0.2, 0.25) is 0 Å². The van der Waals surface area contributed by atoms with Crippen LogP contribution in [0.4, 0.5) is 0 Å². The molecular weight excluding hydrogens is 550 g/mol. The van der Waals surface area contributed by atoms with E-state index in [1.54, 1.807) is 39.5 Å². The summed E-state index contributed by atoms with van der Waals surface area (Å²) in [6, 6.07) is 0. The average molecular weight is 602 g/mol. The molecule has 0 heterocycles. The molecule has 0 aromatic heterocycles. The molecule has 242 valence electrons. The van der Waals surface area contributed by atoms with Crippen LogP contribution in [0.1, 0.15) is 54.4 Å². The van der Waals surface area contributed by atoms with Crippen molar-refractivity contribution < 1.29 is 47.7 Å². The molecule has 13 heteroatoms. The Morgan fingerprint density at radius 1 is 0.571 bits per heavy atom. The van der Waals surface area contributed by atoms with E-state index >= 15 is 0 Å². The van der Waals surface area contributed by atoms with Crippen LogP contribution in [0.3, 0.4) is 0 Å². The molecule has 0 fully saturated rings. The van der Waals surface area contributed by atoms with Crippen molar-refractivity contribution in [3.05, 3.63) is 12.7 Å². The number of carbonyl (C=O) groups is 5. The summed E-state index contributed by atoms with van der Waals surface area (Å²) in [5.41, 5.74) is -1.95. The van der Waals surface area contributed by atoms with Crippen LogP contribution in [0, 0.1) is 0 Å². The summed E-state index contributed by atoms with van der Waals surface area (Å²) in [5, 5.41) is 0. The first-order valence-corrected chi connectivity index (χ1v) is 14.7. The minimum atomic E-state index is -1.95. The summed E-state index contributed by atoms with van der Waals surface area (Å²) in [5.74, 6) is -3.21. The fourth-order valence-corrected chi connectivity index (χ4v) is 4.30. The quantitative estimate of drug-likeness (QED) is 0.0682. The molecule has 0 aromatic rings. The van der Waals surface area contributed by atoms with Crippen LogP contribution in [-0.4, -0.2) is 135 Å². The van der Waals surface area contributed by atoms with E-state index in [0.717, 1.165) is 6.42 Å². The molecule has 0 atom stereocenters. The SMILES string of the molecule is C=CCC(C(=O)OCC)(C(=O)OCC)N(CCN(CCC)CCN(CC(=O)OCC)CC(=O)OCC)CC(=O)OCC. The summed E-state index contributed by atoms with van der Waals surface area (Å²) in [7, 11) is 0. The van der Waals surface area contributed by atoms with Gasteiger partial charge in [-0.05, 0) is 47.6 Å². The molecule has 0 rings (SSSR count). The van der Waals surface area contributed by atoms with Gasteiger partial charge in [-0.25, -0.2) is 9.59 Å². The van der Waals surface area contributed by atoms with E-state index < -0.39 is 35.4 Å². The second-order valence-corrected chi connectivity index (χ2v) is 9.18. The number of hydrogen-bond acceptors (Lipinski definition) is 13. The number of esters is 5. The van der Waals surface area contributed by atoms with Gasteiger partial charge in [-0.2, -0.15) is 0 Å². The van der Waals surface area contributed by atoms with Crippen molar-refractivity contribution in [1.29, 1.82) is 0 Å². The molecule has 0 unspecified atom stereocenters. The lowest BCUT2D eigenvalue weighted by Gasteiger charge is -2.39. The first-order chi connectivity index (χ1) is 20.1. The lowest BCUT2D eigenvalue weighted by atomic mass is 9.92. The summed E-state index contributed by atoms with van der Waals surface area (Å²) in [6.07, 6.45) is 2.05. The largest absolute Gasteiger partial charge is 0.465 e. The van der Waals surface area contributed by atoms with Gasteiger partial charge in [-0.15, -0.1) is 6.58 Å². The Balaban J connectivity index is 6.16. The molecule has 0 aliphatic rings. The molecule has 0 bridgehead atoms. The molecule has 0 saturated carbocycles. The highest BCUT2D eigenvalue weighted by Crippen LogP contribution is 2.26. The molecule has 0 aliphatic carbocycles. The third-order valence-electron chi connectivity index (χ3n) is 6.11. The topological polar surface area (TPSA) is 141 Å². The van der Waals surface area contributed by atoms with Crippen LogP contribution in [0.25, 0.3) is 0 Å². The van der Waals surface area contributed by atoms with Crippen molar-refractivity contribution in [3.63, 3.8) is 0 Å². The molecule has 0 aromatic carbocycles. The minimum absolute atomic E-state index is 0.0170. The van der Waals surface area contributed by atoms with E-state index in [9.17, 15) is 24.0 Å². The standard InChI is InChI=1S/C29H51N3O10/c1-8-15-29(27(36)41-13-6,28(37)42-14-7)32(23-26(35)40-12-5)20-19-30(16-9-2)17-18-31(21-24(33)38-10-3)22-25(34)39-11-4/h8H,1,9-23H2,2-7H3. The molecule has 42 heavy (non-hydrogen) atoms. The van der Waals surface area contributed by atoms with Gasteiger partial charge in [0.15, 0.2) is 0 Å². The molecule has 13 nitrogen and oxygen atoms in total. The molecular formula is C29H51N3O10. The van der Waals surface area contributed by atoms with Crippen molar-refractivity contribution in [2.75, 3.05) is 85.4 Å². The Kier molecular flexibility index (Phi) is 20.9. The zero-order valence-corrected chi connectivity index (χ0v) is 26.3. The average Bonchev–Trinajstić information content (AvgIpc) is 2.93. The molecule has 0 aliphatic heterocycles. The fraction of sp³-hybridized carbons (Fsp3) is 0.759. The van der Waals surface area contributed by atoms with Crippen molar-refractivity contribution in [1.82, 2.24) is 14.7 Å². The highest BCUT2D eigenvalue weighted by atomic mass is 16.6. The number of nitrogens with zero attached hydrogens (tertiary/aromatic N) is 3. The summed E-state index contributed by atoms with van der Waals surface area (Å²) >= 11 is 0. The van der Waals surface area contributed by atoms with Crippen molar-refractivity contribution in [2.45, 2.75) is 59.9 Å². The fourth-order valence-electron chi connectivity index (χ4n) is 4.30. The molecule has 0 amide bonds. The van der Waals surface area contributed by atoms with E-state index in [4.69, 9.17) is 23.7 Å². The lowest BCUT2D eigenvalue weighted by molar-refractivity contribution is -0.177. The van der Waals surface area contributed by atoms with Crippen LogP contribution in [0.15, 0.2) is 12.7 Å². The highest BCUT2D eigenvalue weighted by molar-refractivity contribution is 6.05. The number of ether oxygens (including phenoxy) is 5. The van der Waals surface area contributed by atoms with E-state index in [2.05, 4.69) is 11.5 Å². The van der Waals surface area contributed by atoms with Gasteiger partial charge < -0.3 is 28.6 Å². The third-order valence-corrected chi connectivity index (χ3v) is 6.11.